The monoisotopic (exact) mass is 345 g/mol. The van der Waals surface area contributed by atoms with E-state index in [1.165, 1.54) is 11.8 Å². The molecule has 1 fully saturated rings. The van der Waals surface area contributed by atoms with Crippen molar-refractivity contribution in [2.45, 2.75) is 17.9 Å². The molecule has 2 aromatic carbocycles. The molecule has 1 aliphatic rings. The third-order valence-corrected chi connectivity index (χ3v) is 5.50. The number of hydrogen-bond donors (Lipinski definition) is 0. The van der Waals surface area contributed by atoms with Gasteiger partial charge in [0.2, 0.25) is 0 Å². The summed E-state index contributed by atoms with van der Waals surface area (Å²) in [5.41, 5.74) is 1.99. The third-order valence-electron chi connectivity index (χ3n) is 4.36. The van der Waals surface area contributed by atoms with Gasteiger partial charge >= 0.3 is 0 Å². The summed E-state index contributed by atoms with van der Waals surface area (Å²) in [4.78, 5) is 2.57. The second-order valence-corrected chi connectivity index (χ2v) is 8.33. The molecule has 0 N–H and O–H groups in total. The highest BCUT2D eigenvalue weighted by atomic mass is 32.2. The molecule has 1 aliphatic heterocycles. The molecule has 0 aliphatic carbocycles. The van der Waals surface area contributed by atoms with Crippen LogP contribution >= 0.6 is 0 Å². The average Bonchev–Trinajstić information content (AvgIpc) is 3.04. The van der Waals surface area contributed by atoms with Crippen LogP contribution in [0.5, 0.6) is 0 Å². The molecule has 1 heterocycles. The molecule has 4 nitrogen and oxygen atoms in total. The Kier molecular flexibility index (Phi) is 5.21. The van der Waals surface area contributed by atoms with Gasteiger partial charge in [0.15, 0.2) is 9.84 Å². The molecule has 3 rings (SSSR count). The summed E-state index contributed by atoms with van der Waals surface area (Å²) in [6.45, 7) is 3.02. The van der Waals surface area contributed by atoms with Crippen molar-refractivity contribution in [2.75, 3.05) is 30.9 Å². The van der Waals surface area contributed by atoms with E-state index in [0.29, 0.717) is 24.0 Å². The van der Waals surface area contributed by atoms with Crippen molar-refractivity contribution >= 4 is 15.5 Å². The zero-order chi connectivity index (χ0) is 17.0. The van der Waals surface area contributed by atoms with E-state index >= 15 is 0 Å². The second kappa shape index (κ2) is 7.36. The minimum atomic E-state index is -3.21. The zero-order valence-electron chi connectivity index (χ0n) is 13.9. The Morgan fingerprint density at radius 2 is 1.79 bits per heavy atom. The van der Waals surface area contributed by atoms with Gasteiger partial charge in [-0.1, -0.05) is 42.5 Å². The number of nitrogens with zero attached hydrogens (tertiary/aromatic N) is 1. The molecule has 0 unspecified atom stereocenters. The van der Waals surface area contributed by atoms with Gasteiger partial charge in [-0.2, -0.15) is 0 Å². The van der Waals surface area contributed by atoms with Gasteiger partial charge in [0, 0.05) is 25.3 Å². The first-order valence-electron chi connectivity index (χ1n) is 8.20. The van der Waals surface area contributed by atoms with Crippen LogP contribution < -0.4 is 4.90 Å². The van der Waals surface area contributed by atoms with Gasteiger partial charge in [0.25, 0.3) is 0 Å². The lowest BCUT2D eigenvalue weighted by Crippen LogP contribution is -2.23. The minimum absolute atomic E-state index is 0.413. The molecule has 24 heavy (non-hydrogen) atoms. The normalized spacial score (nSPS) is 18.0. The molecule has 0 amide bonds. The molecule has 5 heteroatoms. The van der Waals surface area contributed by atoms with Crippen LogP contribution in [0, 0.1) is 5.92 Å². The number of hydrogen-bond acceptors (Lipinski definition) is 4. The molecule has 0 saturated carbocycles. The highest BCUT2D eigenvalue weighted by molar-refractivity contribution is 7.90. The van der Waals surface area contributed by atoms with E-state index < -0.39 is 9.84 Å². The quantitative estimate of drug-likeness (QED) is 0.807. The Hall–Kier alpha value is -1.85. The molecular formula is C19H23NO3S. The van der Waals surface area contributed by atoms with Crippen LogP contribution in [0.15, 0.2) is 59.5 Å². The average molecular weight is 345 g/mol. The smallest absolute Gasteiger partial charge is 0.177 e. The van der Waals surface area contributed by atoms with Gasteiger partial charge in [-0.05, 0) is 24.1 Å². The molecule has 0 bridgehead atoms. The number of sulfone groups is 1. The van der Waals surface area contributed by atoms with Crippen LogP contribution in [0.2, 0.25) is 0 Å². The Bertz CT molecular complexity index is 774. The molecule has 0 aromatic heterocycles. The van der Waals surface area contributed by atoms with Crippen LogP contribution in [0.25, 0.3) is 0 Å². The van der Waals surface area contributed by atoms with E-state index in [1.54, 1.807) is 12.1 Å². The van der Waals surface area contributed by atoms with Crippen LogP contribution in [0.4, 0.5) is 5.69 Å². The van der Waals surface area contributed by atoms with Gasteiger partial charge in [-0.3, -0.25) is 0 Å². The second-order valence-electron chi connectivity index (χ2n) is 6.34. The highest BCUT2D eigenvalue weighted by Gasteiger charge is 2.26. The molecule has 128 valence electrons. The molecule has 2 aromatic rings. The standard InChI is InChI=1S/C19H23NO3S/c1-24(21,22)19-10-6-5-9-18(19)20-12-11-17(13-20)15-23-14-16-7-3-2-4-8-16/h2-10,17H,11-15H2,1H3/t17-/m0/s1. The largest absolute Gasteiger partial charge is 0.376 e. The summed E-state index contributed by atoms with van der Waals surface area (Å²) < 4.78 is 29.8. The Morgan fingerprint density at radius 1 is 1.08 bits per heavy atom. The maximum atomic E-state index is 12.0. The van der Waals surface area contributed by atoms with E-state index in [9.17, 15) is 8.42 Å². The van der Waals surface area contributed by atoms with Crippen molar-refractivity contribution in [3.05, 3.63) is 60.2 Å². The maximum absolute atomic E-state index is 12.0. The number of para-hydroxylation sites is 1. The van der Waals surface area contributed by atoms with E-state index in [-0.39, 0.29) is 0 Å². The van der Waals surface area contributed by atoms with Gasteiger partial charge in [-0.25, -0.2) is 8.42 Å². The number of anilines is 1. The van der Waals surface area contributed by atoms with E-state index in [2.05, 4.69) is 17.0 Å². The van der Waals surface area contributed by atoms with Crippen molar-refractivity contribution < 1.29 is 13.2 Å². The molecule has 0 radical (unpaired) electrons. The fourth-order valence-corrected chi connectivity index (χ4v) is 4.04. The number of rotatable bonds is 6. The summed E-state index contributed by atoms with van der Waals surface area (Å²) in [6, 6.07) is 17.4. The Balaban J connectivity index is 1.58. The van der Waals surface area contributed by atoms with Crippen LogP contribution in [0.3, 0.4) is 0 Å². The lowest BCUT2D eigenvalue weighted by atomic mass is 10.1. The van der Waals surface area contributed by atoms with Crippen LogP contribution in [-0.4, -0.2) is 34.4 Å². The highest BCUT2D eigenvalue weighted by Crippen LogP contribution is 2.30. The fourth-order valence-electron chi connectivity index (χ4n) is 3.14. The van der Waals surface area contributed by atoms with Gasteiger partial charge in [-0.15, -0.1) is 0 Å². The van der Waals surface area contributed by atoms with Gasteiger partial charge < -0.3 is 9.64 Å². The SMILES string of the molecule is CS(=O)(=O)c1ccccc1N1CC[C@H](COCc2ccccc2)C1. The van der Waals surface area contributed by atoms with Crippen molar-refractivity contribution in [1.29, 1.82) is 0 Å². The Morgan fingerprint density at radius 3 is 2.54 bits per heavy atom. The van der Waals surface area contributed by atoms with Crippen molar-refractivity contribution in [3.8, 4) is 0 Å². The summed E-state index contributed by atoms with van der Waals surface area (Å²) in [6.07, 6.45) is 2.29. The lowest BCUT2D eigenvalue weighted by Gasteiger charge is -2.21. The van der Waals surface area contributed by atoms with Gasteiger partial charge in [0.1, 0.15) is 0 Å². The van der Waals surface area contributed by atoms with Crippen molar-refractivity contribution in [3.63, 3.8) is 0 Å². The topological polar surface area (TPSA) is 46.6 Å². The van der Waals surface area contributed by atoms with Crippen LogP contribution in [-0.2, 0) is 21.2 Å². The summed E-state index contributed by atoms with van der Waals surface area (Å²) in [5.74, 6) is 0.432. The first kappa shape index (κ1) is 17.0. The van der Waals surface area contributed by atoms with Gasteiger partial charge in [0.05, 0.1) is 23.8 Å². The first-order valence-corrected chi connectivity index (χ1v) is 10.1. The predicted molar refractivity (Wildman–Crippen MR) is 96.0 cm³/mol. The Labute approximate surface area is 144 Å². The van der Waals surface area contributed by atoms with Crippen molar-refractivity contribution in [1.82, 2.24) is 0 Å². The zero-order valence-corrected chi connectivity index (χ0v) is 14.7. The van der Waals surface area contributed by atoms with Crippen molar-refractivity contribution in [2.24, 2.45) is 5.92 Å². The molecule has 0 spiro atoms. The molecule has 1 saturated heterocycles. The number of ether oxygens (including phenoxy) is 1. The fraction of sp³-hybridized carbons (Fsp3) is 0.368. The van der Waals surface area contributed by atoms with Crippen LogP contribution in [0.1, 0.15) is 12.0 Å². The summed E-state index contributed by atoms with van der Waals surface area (Å²) >= 11 is 0. The van der Waals surface area contributed by atoms with E-state index in [4.69, 9.17) is 4.74 Å². The summed E-state index contributed by atoms with van der Waals surface area (Å²) in [5, 5.41) is 0. The maximum Gasteiger partial charge on any atom is 0.177 e. The first-order chi connectivity index (χ1) is 11.5. The minimum Gasteiger partial charge on any atom is -0.376 e. The summed E-state index contributed by atoms with van der Waals surface area (Å²) in [7, 11) is -3.21. The predicted octanol–water partition coefficient (Wildman–Crippen LogP) is 3.13. The molecule has 1 atom stereocenters. The van der Waals surface area contributed by atoms with E-state index in [1.807, 2.05) is 30.3 Å². The lowest BCUT2D eigenvalue weighted by molar-refractivity contribution is 0.0929. The van der Waals surface area contributed by atoms with E-state index in [0.717, 1.165) is 25.2 Å². The number of benzene rings is 2. The third kappa shape index (κ3) is 4.16. The molecular weight excluding hydrogens is 322 g/mol.